The van der Waals surface area contributed by atoms with Crippen molar-refractivity contribution in [2.45, 2.75) is 19.4 Å². The average Bonchev–Trinajstić information content (AvgIpc) is 2.35. The van der Waals surface area contributed by atoms with Crippen LogP contribution in [0, 0.1) is 0 Å². The third kappa shape index (κ3) is 4.31. The van der Waals surface area contributed by atoms with Crippen molar-refractivity contribution in [2.24, 2.45) is 0 Å². The lowest BCUT2D eigenvalue weighted by Gasteiger charge is -2.33. The molecule has 0 aromatic heterocycles. The van der Waals surface area contributed by atoms with Gasteiger partial charge in [-0.15, -0.1) is 0 Å². The summed E-state index contributed by atoms with van der Waals surface area (Å²) in [5.74, 6) is 2.05. The molecule has 0 spiro atoms. The summed E-state index contributed by atoms with van der Waals surface area (Å²) in [5.41, 5.74) is 0. The molecule has 0 aromatic rings. The predicted octanol–water partition coefficient (Wildman–Crippen LogP) is 0.576. The van der Waals surface area contributed by atoms with E-state index in [1.54, 1.807) is 0 Å². The van der Waals surface area contributed by atoms with Crippen LogP contribution in [0.1, 0.15) is 13.3 Å². The number of nitrogens with zero attached hydrogens (tertiary/aromatic N) is 1. The van der Waals surface area contributed by atoms with Gasteiger partial charge in [-0.2, -0.15) is 11.8 Å². The molecule has 0 bridgehead atoms. The second-order valence-electron chi connectivity index (χ2n) is 3.81. The predicted molar refractivity (Wildman–Crippen MR) is 67.9 cm³/mol. The van der Waals surface area contributed by atoms with E-state index in [4.69, 9.17) is 4.74 Å². The van der Waals surface area contributed by atoms with Gasteiger partial charge in [-0.3, -0.25) is 9.69 Å². The van der Waals surface area contributed by atoms with Crippen molar-refractivity contribution in [1.82, 2.24) is 10.2 Å². The van der Waals surface area contributed by atoms with Gasteiger partial charge >= 0.3 is 5.97 Å². The van der Waals surface area contributed by atoms with Crippen molar-refractivity contribution >= 4 is 17.7 Å². The van der Waals surface area contributed by atoms with E-state index < -0.39 is 0 Å². The summed E-state index contributed by atoms with van der Waals surface area (Å²) in [4.78, 5) is 13.9. The molecule has 0 radical (unpaired) electrons. The van der Waals surface area contributed by atoms with Crippen LogP contribution in [0.4, 0.5) is 0 Å². The SMILES string of the molecule is CCSCCC(C(=O)OC)N1CCNCC1. The molecule has 1 fully saturated rings. The van der Waals surface area contributed by atoms with Gasteiger partial charge in [0.2, 0.25) is 0 Å². The van der Waals surface area contributed by atoms with E-state index in [1.165, 1.54) is 7.11 Å². The first-order valence-corrected chi connectivity index (χ1v) is 7.05. The van der Waals surface area contributed by atoms with Crippen molar-refractivity contribution in [3.63, 3.8) is 0 Å². The summed E-state index contributed by atoms with van der Waals surface area (Å²) >= 11 is 1.88. The zero-order chi connectivity index (χ0) is 11.8. The number of thioether (sulfide) groups is 1. The molecule has 1 unspecified atom stereocenters. The van der Waals surface area contributed by atoms with E-state index in [0.29, 0.717) is 0 Å². The third-order valence-corrected chi connectivity index (χ3v) is 3.74. The molecule has 0 amide bonds. The molecule has 4 nitrogen and oxygen atoms in total. The minimum absolute atomic E-state index is 0.0499. The highest BCUT2D eigenvalue weighted by atomic mass is 32.2. The summed E-state index contributed by atoms with van der Waals surface area (Å²) in [7, 11) is 1.48. The topological polar surface area (TPSA) is 41.6 Å². The quantitative estimate of drug-likeness (QED) is 0.548. The monoisotopic (exact) mass is 246 g/mol. The molecule has 1 atom stereocenters. The first-order chi connectivity index (χ1) is 7.79. The van der Waals surface area contributed by atoms with E-state index in [9.17, 15) is 4.79 Å². The molecule has 16 heavy (non-hydrogen) atoms. The second-order valence-corrected chi connectivity index (χ2v) is 5.20. The van der Waals surface area contributed by atoms with Crippen LogP contribution in [0.15, 0.2) is 0 Å². The van der Waals surface area contributed by atoms with Crippen molar-refractivity contribution in [2.75, 3.05) is 44.8 Å². The van der Waals surface area contributed by atoms with Crippen LogP contribution in [0.3, 0.4) is 0 Å². The summed E-state index contributed by atoms with van der Waals surface area (Å²) in [6.45, 7) is 5.96. The Hall–Kier alpha value is -0.260. The molecule has 0 saturated carbocycles. The highest BCUT2D eigenvalue weighted by Gasteiger charge is 2.27. The number of hydrogen-bond donors (Lipinski definition) is 1. The van der Waals surface area contributed by atoms with Gasteiger partial charge in [0.1, 0.15) is 6.04 Å². The lowest BCUT2D eigenvalue weighted by Crippen LogP contribution is -2.51. The van der Waals surface area contributed by atoms with E-state index in [-0.39, 0.29) is 12.0 Å². The Labute approximate surface area is 102 Å². The smallest absolute Gasteiger partial charge is 0.323 e. The summed E-state index contributed by atoms with van der Waals surface area (Å²) in [6.07, 6.45) is 0.894. The normalized spacial score (nSPS) is 19.4. The lowest BCUT2D eigenvalue weighted by molar-refractivity contribution is -0.147. The van der Waals surface area contributed by atoms with Gasteiger partial charge in [0, 0.05) is 26.2 Å². The first kappa shape index (κ1) is 13.8. The van der Waals surface area contributed by atoms with Gasteiger partial charge in [-0.25, -0.2) is 0 Å². The molecule has 1 rings (SSSR count). The number of methoxy groups -OCH3 is 1. The van der Waals surface area contributed by atoms with Gasteiger partial charge in [0.05, 0.1) is 7.11 Å². The van der Waals surface area contributed by atoms with E-state index in [0.717, 1.165) is 44.1 Å². The Bertz CT molecular complexity index is 208. The number of hydrogen-bond acceptors (Lipinski definition) is 5. The van der Waals surface area contributed by atoms with Crippen LogP contribution in [0.2, 0.25) is 0 Å². The van der Waals surface area contributed by atoms with Gasteiger partial charge in [0.25, 0.3) is 0 Å². The fourth-order valence-corrected chi connectivity index (χ4v) is 2.60. The maximum absolute atomic E-state index is 11.7. The molecule has 1 saturated heterocycles. The number of piperazine rings is 1. The summed E-state index contributed by atoms with van der Waals surface area (Å²) in [5, 5.41) is 3.29. The third-order valence-electron chi connectivity index (χ3n) is 2.81. The van der Waals surface area contributed by atoms with Gasteiger partial charge in [-0.05, 0) is 17.9 Å². The fourth-order valence-electron chi connectivity index (χ4n) is 1.92. The Morgan fingerprint density at radius 1 is 1.50 bits per heavy atom. The van der Waals surface area contributed by atoms with Gasteiger partial charge in [0.15, 0.2) is 0 Å². The molecule has 1 aliphatic rings. The van der Waals surface area contributed by atoms with Crippen LogP contribution in [0.5, 0.6) is 0 Å². The Balaban J connectivity index is 2.44. The van der Waals surface area contributed by atoms with Crippen molar-refractivity contribution < 1.29 is 9.53 Å². The standard InChI is InChI=1S/C11H22N2O2S/c1-3-16-9-4-10(11(14)15-2)13-7-5-12-6-8-13/h10,12H,3-9H2,1-2H3. The minimum Gasteiger partial charge on any atom is -0.468 e. The van der Waals surface area contributed by atoms with E-state index in [2.05, 4.69) is 17.1 Å². The van der Waals surface area contributed by atoms with Crippen LogP contribution >= 0.6 is 11.8 Å². The van der Waals surface area contributed by atoms with Crippen LogP contribution in [0.25, 0.3) is 0 Å². The van der Waals surface area contributed by atoms with Crippen molar-refractivity contribution in [1.29, 1.82) is 0 Å². The highest BCUT2D eigenvalue weighted by Crippen LogP contribution is 2.12. The molecule has 1 N–H and O–H groups in total. The van der Waals surface area contributed by atoms with Crippen molar-refractivity contribution in [3.8, 4) is 0 Å². The number of nitrogens with one attached hydrogen (secondary N) is 1. The van der Waals surface area contributed by atoms with Gasteiger partial charge < -0.3 is 10.1 Å². The molecular formula is C11H22N2O2S. The first-order valence-electron chi connectivity index (χ1n) is 5.90. The largest absolute Gasteiger partial charge is 0.468 e. The van der Waals surface area contributed by atoms with Crippen LogP contribution in [-0.4, -0.2) is 61.7 Å². The van der Waals surface area contributed by atoms with Crippen LogP contribution in [-0.2, 0) is 9.53 Å². The second kappa shape index (κ2) is 7.92. The number of esters is 1. The van der Waals surface area contributed by atoms with E-state index >= 15 is 0 Å². The average molecular weight is 246 g/mol. The zero-order valence-corrected chi connectivity index (χ0v) is 11.0. The highest BCUT2D eigenvalue weighted by molar-refractivity contribution is 7.99. The number of rotatable bonds is 6. The molecule has 1 heterocycles. The Morgan fingerprint density at radius 3 is 2.75 bits per heavy atom. The minimum atomic E-state index is -0.0846. The zero-order valence-electron chi connectivity index (χ0n) is 10.2. The lowest BCUT2D eigenvalue weighted by atomic mass is 10.1. The number of carbonyl (C=O) groups is 1. The van der Waals surface area contributed by atoms with Crippen molar-refractivity contribution in [3.05, 3.63) is 0 Å². The van der Waals surface area contributed by atoms with E-state index in [1.807, 2.05) is 11.8 Å². The molecular weight excluding hydrogens is 224 g/mol. The molecule has 0 aliphatic carbocycles. The maximum Gasteiger partial charge on any atom is 0.323 e. The molecule has 94 valence electrons. The van der Waals surface area contributed by atoms with Crippen LogP contribution < -0.4 is 5.32 Å². The van der Waals surface area contributed by atoms with Gasteiger partial charge in [-0.1, -0.05) is 6.92 Å². The Morgan fingerprint density at radius 2 is 2.19 bits per heavy atom. The molecule has 1 aliphatic heterocycles. The Kier molecular flexibility index (Phi) is 6.84. The fraction of sp³-hybridized carbons (Fsp3) is 0.909. The molecule has 5 heteroatoms. The summed E-state index contributed by atoms with van der Waals surface area (Å²) in [6, 6.07) is -0.0499. The number of carbonyl (C=O) groups excluding carboxylic acids is 1. The summed E-state index contributed by atoms with van der Waals surface area (Å²) < 4.78 is 4.89. The molecule has 0 aromatic carbocycles. The number of ether oxygens (including phenoxy) is 1. The maximum atomic E-state index is 11.7.